The summed E-state index contributed by atoms with van der Waals surface area (Å²) in [7, 11) is 0. The predicted molar refractivity (Wildman–Crippen MR) is 97.4 cm³/mol. The van der Waals surface area contributed by atoms with Crippen molar-refractivity contribution in [2.45, 2.75) is 65.6 Å². The lowest BCUT2D eigenvalue weighted by Crippen LogP contribution is -2.58. The Morgan fingerprint density at radius 3 is 2.72 bits per heavy atom. The third-order valence-electron chi connectivity index (χ3n) is 4.66. The van der Waals surface area contributed by atoms with E-state index < -0.39 is 5.60 Å². The summed E-state index contributed by atoms with van der Waals surface area (Å²) in [6.07, 6.45) is 0.654. The normalized spacial score (nSPS) is 22.5. The first-order valence-corrected chi connectivity index (χ1v) is 9.09. The number of piperazine rings is 1. The number of anilines is 1. The van der Waals surface area contributed by atoms with E-state index in [1.807, 2.05) is 39.5 Å². The molecule has 1 aromatic heterocycles. The van der Waals surface area contributed by atoms with Crippen molar-refractivity contribution < 1.29 is 14.3 Å². The molecule has 0 aliphatic carbocycles. The minimum atomic E-state index is -0.471. The number of carbonyl (C=O) groups excluding carboxylic acids is 1. The minimum absolute atomic E-state index is 0.206. The van der Waals surface area contributed by atoms with Gasteiger partial charge in [0.1, 0.15) is 17.2 Å². The highest BCUT2D eigenvalue weighted by Crippen LogP contribution is 2.38. The van der Waals surface area contributed by atoms with Crippen molar-refractivity contribution in [1.82, 2.24) is 9.88 Å². The second-order valence-corrected chi connectivity index (χ2v) is 7.99. The van der Waals surface area contributed by atoms with E-state index in [1.165, 1.54) is 5.56 Å². The molecule has 6 heteroatoms. The van der Waals surface area contributed by atoms with E-state index in [0.29, 0.717) is 19.7 Å². The van der Waals surface area contributed by atoms with Crippen LogP contribution in [-0.4, -0.2) is 53.4 Å². The standard InChI is InChI=1S/C19H29N3O3/c1-7-24-16-9-14-8-15-11-21(18(23)25-19(4,5)6)10-12(2)22(15)17(14)20-13(16)3/h9,12,15H,7-8,10-11H2,1-6H3/t12-,15-/m1/s1. The van der Waals surface area contributed by atoms with Crippen LogP contribution in [0, 0.1) is 6.92 Å². The molecule has 0 bridgehead atoms. The zero-order valence-corrected chi connectivity index (χ0v) is 16.1. The largest absolute Gasteiger partial charge is 0.492 e. The van der Waals surface area contributed by atoms with Gasteiger partial charge in [0.25, 0.3) is 0 Å². The maximum atomic E-state index is 12.5. The molecule has 3 heterocycles. The first-order valence-electron chi connectivity index (χ1n) is 9.09. The second-order valence-electron chi connectivity index (χ2n) is 7.99. The van der Waals surface area contributed by atoms with Crippen molar-refractivity contribution in [3.05, 3.63) is 17.3 Å². The molecule has 0 N–H and O–H groups in total. The Kier molecular flexibility index (Phi) is 4.56. The SMILES string of the molecule is CCOc1cc2c(nc1C)N1[C@H](C2)CN(C(=O)OC(C)(C)C)C[C@H]1C. The fraction of sp³-hybridized carbons (Fsp3) is 0.684. The Hall–Kier alpha value is -1.98. The van der Waals surface area contributed by atoms with Crippen LogP contribution in [0.3, 0.4) is 0 Å². The van der Waals surface area contributed by atoms with Crippen LogP contribution in [0.2, 0.25) is 0 Å². The molecule has 0 aromatic carbocycles. The Morgan fingerprint density at radius 1 is 1.36 bits per heavy atom. The molecule has 1 saturated heterocycles. The van der Waals surface area contributed by atoms with Gasteiger partial charge in [-0.15, -0.1) is 0 Å². The number of rotatable bonds is 2. The van der Waals surface area contributed by atoms with Crippen LogP contribution in [0.25, 0.3) is 0 Å². The summed E-state index contributed by atoms with van der Waals surface area (Å²) >= 11 is 0. The maximum absolute atomic E-state index is 12.5. The fourth-order valence-corrected chi connectivity index (χ4v) is 3.75. The van der Waals surface area contributed by atoms with Crippen molar-refractivity contribution in [1.29, 1.82) is 0 Å². The Bertz CT molecular complexity index is 669. The van der Waals surface area contributed by atoms with Gasteiger partial charge in [0.05, 0.1) is 18.3 Å². The van der Waals surface area contributed by atoms with Gasteiger partial charge in [0, 0.05) is 24.7 Å². The number of ether oxygens (including phenoxy) is 2. The minimum Gasteiger partial charge on any atom is -0.492 e. The number of aryl methyl sites for hydroxylation is 1. The van der Waals surface area contributed by atoms with Crippen LogP contribution in [-0.2, 0) is 11.2 Å². The number of carbonyl (C=O) groups is 1. The Balaban J connectivity index is 1.80. The van der Waals surface area contributed by atoms with E-state index >= 15 is 0 Å². The molecule has 1 fully saturated rings. The molecule has 0 radical (unpaired) electrons. The highest BCUT2D eigenvalue weighted by Gasteiger charge is 2.41. The van der Waals surface area contributed by atoms with Gasteiger partial charge >= 0.3 is 6.09 Å². The molecule has 2 aliphatic rings. The molecule has 138 valence electrons. The van der Waals surface area contributed by atoms with Crippen LogP contribution < -0.4 is 9.64 Å². The lowest BCUT2D eigenvalue weighted by Gasteiger charge is -2.43. The van der Waals surface area contributed by atoms with Crippen LogP contribution >= 0.6 is 0 Å². The molecular weight excluding hydrogens is 318 g/mol. The van der Waals surface area contributed by atoms with Gasteiger partial charge in [-0.1, -0.05) is 0 Å². The molecule has 2 atom stereocenters. The highest BCUT2D eigenvalue weighted by molar-refractivity contribution is 5.69. The van der Waals surface area contributed by atoms with Gasteiger partial charge in [0.15, 0.2) is 0 Å². The molecule has 2 aliphatic heterocycles. The molecule has 1 amide bonds. The smallest absolute Gasteiger partial charge is 0.410 e. The van der Waals surface area contributed by atoms with Crippen molar-refractivity contribution in [3.63, 3.8) is 0 Å². The summed E-state index contributed by atoms with van der Waals surface area (Å²) < 4.78 is 11.2. The summed E-state index contributed by atoms with van der Waals surface area (Å²) in [6.45, 7) is 13.8. The van der Waals surface area contributed by atoms with Gasteiger partial charge in [-0.05, 0) is 54.0 Å². The quantitative estimate of drug-likeness (QED) is 0.822. The van der Waals surface area contributed by atoms with E-state index in [-0.39, 0.29) is 18.2 Å². The summed E-state index contributed by atoms with van der Waals surface area (Å²) in [5.41, 5.74) is 1.65. The molecular formula is C19H29N3O3. The van der Waals surface area contributed by atoms with Gasteiger partial charge in [-0.25, -0.2) is 9.78 Å². The van der Waals surface area contributed by atoms with Crippen molar-refractivity contribution in [3.8, 4) is 5.75 Å². The monoisotopic (exact) mass is 347 g/mol. The first kappa shape index (κ1) is 17.8. The summed E-state index contributed by atoms with van der Waals surface area (Å²) in [5, 5.41) is 0. The summed E-state index contributed by atoms with van der Waals surface area (Å²) in [4.78, 5) is 21.5. The Morgan fingerprint density at radius 2 is 2.08 bits per heavy atom. The van der Waals surface area contributed by atoms with Crippen molar-refractivity contribution in [2.24, 2.45) is 0 Å². The van der Waals surface area contributed by atoms with Gasteiger partial charge in [-0.2, -0.15) is 0 Å². The van der Waals surface area contributed by atoms with Gasteiger partial charge in [0.2, 0.25) is 0 Å². The molecule has 0 spiro atoms. The number of nitrogens with zero attached hydrogens (tertiary/aromatic N) is 3. The van der Waals surface area contributed by atoms with Crippen molar-refractivity contribution >= 4 is 11.9 Å². The van der Waals surface area contributed by atoms with Crippen LogP contribution in [0.5, 0.6) is 5.75 Å². The zero-order chi connectivity index (χ0) is 18.4. The first-order chi connectivity index (χ1) is 11.7. The number of hydrogen-bond acceptors (Lipinski definition) is 5. The third-order valence-corrected chi connectivity index (χ3v) is 4.66. The topological polar surface area (TPSA) is 54.9 Å². The summed E-state index contributed by atoms with van der Waals surface area (Å²) in [6, 6.07) is 2.57. The number of amides is 1. The second kappa shape index (κ2) is 6.39. The summed E-state index contributed by atoms with van der Waals surface area (Å²) in [5.74, 6) is 1.90. The molecule has 3 rings (SSSR count). The molecule has 1 aromatic rings. The highest BCUT2D eigenvalue weighted by atomic mass is 16.6. The van der Waals surface area contributed by atoms with Crippen LogP contribution in [0.1, 0.15) is 45.9 Å². The van der Waals surface area contributed by atoms with E-state index in [2.05, 4.69) is 17.9 Å². The predicted octanol–water partition coefficient (Wildman–Crippen LogP) is 3.16. The van der Waals surface area contributed by atoms with Crippen LogP contribution in [0.15, 0.2) is 6.07 Å². The Labute approximate surface area is 150 Å². The molecule has 0 saturated carbocycles. The fourth-order valence-electron chi connectivity index (χ4n) is 3.75. The number of hydrogen-bond donors (Lipinski definition) is 0. The lowest BCUT2D eigenvalue weighted by atomic mass is 10.1. The van der Waals surface area contributed by atoms with E-state index in [9.17, 15) is 4.79 Å². The molecule has 6 nitrogen and oxygen atoms in total. The van der Waals surface area contributed by atoms with Crippen LogP contribution in [0.4, 0.5) is 10.6 Å². The average molecular weight is 347 g/mol. The third kappa shape index (κ3) is 3.53. The van der Waals surface area contributed by atoms with Crippen molar-refractivity contribution in [2.75, 3.05) is 24.6 Å². The zero-order valence-electron chi connectivity index (χ0n) is 16.1. The van der Waals surface area contributed by atoms with E-state index in [4.69, 9.17) is 14.5 Å². The van der Waals surface area contributed by atoms with Gasteiger partial charge in [-0.3, -0.25) is 0 Å². The number of aromatic nitrogens is 1. The number of pyridine rings is 1. The van der Waals surface area contributed by atoms with E-state index in [0.717, 1.165) is 23.7 Å². The van der Waals surface area contributed by atoms with Gasteiger partial charge < -0.3 is 19.3 Å². The molecule has 0 unspecified atom stereocenters. The lowest BCUT2D eigenvalue weighted by molar-refractivity contribution is 0.0191. The average Bonchev–Trinajstić information content (AvgIpc) is 2.84. The maximum Gasteiger partial charge on any atom is 0.410 e. The van der Waals surface area contributed by atoms with E-state index in [1.54, 1.807) is 0 Å². The molecule has 25 heavy (non-hydrogen) atoms. The number of fused-ring (bicyclic) bond motifs is 3.